The number of hydrogen-bond donors (Lipinski definition) is 1. The van der Waals surface area contributed by atoms with Gasteiger partial charge in [0.2, 0.25) is 0 Å². The molecule has 0 saturated carbocycles. The molecule has 2 aliphatic heterocycles. The summed E-state index contributed by atoms with van der Waals surface area (Å²) in [6, 6.07) is 15.7. The molecule has 2 amide bonds. The number of halogens is 1. The van der Waals surface area contributed by atoms with E-state index < -0.39 is 0 Å². The quantitative estimate of drug-likeness (QED) is 0.772. The average molecular weight is 437 g/mol. The van der Waals surface area contributed by atoms with Crippen LogP contribution in [0.15, 0.2) is 48.5 Å². The van der Waals surface area contributed by atoms with Crippen molar-refractivity contribution in [2.75, 3.05) is 44.6 Å². The smallest absolute Gasteiger partial charge is 0.322 e. The number of carbonyl (C=O) groups excluding carboxylic acids is 1. The van der Waals surface area contributed by atoms with Gasteiger partial charge in [0.1, 0.15) is 5.82 Å². The van der Waals surface area contributed by atoms with Crippen molar-refractivity contribution in [1.82, 2.24) is 9.80 Å². The number of piperidine rings is 1. The maximum Gasteiger partial charge on any atom is 0.322 e. The Morgan fingerprint density at radius 1 is 1.19 bits per heavy atom. The van der Waals surface area contributed by atoms with Gasteiger partial charge in [-0.25, -0.2) is 9.18 Å². The number of anilines is 1. The topological polar surface area (TPSA) is 68.6 Å². The second-order valence-electron chi connectivity index (χ2n) is 8.66. The Kier molecular flexibility index (Phi) is 7.35. The Morgan fingerprint density at radius 2 is 2.03 bits per heavy atom. The molecule has 168 valence electrons. The lowest BCUT2D eigenvalue weighted by molar-refractivity contribution is -0.0340. The highest BCUT2D eigenvalue weighted by Gasteiger charge is 2.28. The summed E-state index contributed by atoms with van der Waals surface area (Å²) in [7, 11) is 0. The third kappa shape index (κ3) is 6.06. The van der Waals surface area contributed by atoms with Crippen LogP contribution in [0.4, 0.5) is 14.9 Å². The molecule has 32 heavy (non-hydrogen) atoms. The molecule has 0 bridgehead atoms. The first-order valence-electron chi connectivity index (χ1n) is 11.2. The van der Waals surface area contributed by atoms with Crippen LogP contribution in [0, 0.1) is 23.1 Å². The number of benzene rings is 2. The minimum absolute atomic E-state index is 0.0236. The molecule has 2 aliphatic rings. The van der Waals surface area contributed by atoms with Gasteiger partial charge in [0.15, 0.2) is 0 Å². The molecule has 4 rings (SSSR count). The summed E-state index contributed by atoms with van der Waals surface area (Å²) in [6.45, 7) is 4.43. The summed E-state index contributed by atoms with van der Waals surface area (Å²) in [5, 5.41) is 11.9. The summed E-state index contributed by atoms with van der Waals surface area (Å²) >= 11 is 0. The standard InChI is InChI=1S/C25H29FN4O2/c26-22-8-6-19(7-9-22)13-21-4-2-10-29(16-21)17-24-18-30(11-12-32-24)25(31)28-23-5-1-3-20(14-23)15-27/h1,3,5-9,14,21,24H,2,4,10-13,16-18H2,(H,28,31)/t21-,24+/m0/s1. The lowest BCUT2D eigenvalue weighted by Crippen LogP contribution is -2.52. The molecular formula is C25H29FN4O2. The van der Waals surface area contributed by atoms with E-state index in [2.05, 4.69) is 16.3 Å². The van der Waals surface area contributed by atoms with E-state index in [-0.39, 0.29) is 18.0 Å². The van der Waals surface area contributed by atoms with Crippen molar-refractivity contribution in [3.05, 3.63) is 65.5 Å². The van der Waals surface area contributed by atoms with Crippen LogP contribution in [0.5, 0.6) is 0 Å². The molecule has 0 radical (unpaired) electrons. The molecule has 2 atom stereocenters. The van der Waals surface area contributed by atoms with Crippen molar-refractivity contribution < 1.29 is 13.9 Å². The number of rotatable bonds is 5. The molecule has 2 saturated heterocycles. The Balaban J connectivity index is 1.28. The Morgan fingerprint density at radius 3 is 2.84 bits per heavy atom. The lowest BCUT2D eigenvalue weighted by Gasteiger charge is -2.38. The third-order valence-corrected chi connectivity index (χ3v) is 6.17. The number of nitrogens with zero attached hydrogens (tertiary/aromatic N) is 3. The van der Waals surface area contributed by atoms with Crippen LogP contribution in [0.1, 0.15) is 24.0 Å². The number of hydrogen-bond acceptors (Lipinski definition) is 4. The Bertz CT molecular complexity index is 959. The minimum atomic E-state index is -0.195. The van der Waals surface area contributed by atoms with Crippen molar-refractivity contribution in [2.45, 2.75) is 25.4 Å². The van der Waals surface area contributed by atoms with Crippen LogP contribution >= 0.6 is 0 Å². The predicted molar refractivity (Wildman–Crippen MR) is 121 cm³/mol. The zero-order valence-electron chi connectivity index (χ0n) is 18.2. The zero-order valence-corrected chi connectivity index (χ0v) is 18.2. The normalized spacial score (nSPS) is 21.7. The Hall–Kier alpha value is -2.95. The SMILES string of the molecule is N#Cc1cccc(NC(=O)N2CCO[C@H](CN3CCC[C@@H](Cc4ccc(F)cc4)C3)C2)c1. The van der Waals surface area contributed by atoms with E-state index >= 15 is 0 Å². The van der Waals surface area contributed by atoms with E-state index in [9.17, 15) is 9.18 Å². The first kappa shape index (κ1) is 22.3. The molecule has 2 aromatic carbocycles. The maximum atomic E-state index is 13.2. The lowest BCUT2D eigenvalue weighted by atomic mass is 9.91. The van der Waals surface area contributed by atoms with Gasteiger partial charge in [-0.2, -0.15) is 5.26 Å². The number of ether oxygens (including phenoxy) is 1. The van der Waals surface area contributed by atoms with Gasteiger partial charge in [-0.15, -0.1) is 0 Å². The van der Waals surface area contributed by atoms with Gasteiger partial charge in [0, 0.05) is 31.9 Å². The van der Waals surface area contributed by atoms with Gasteiger partial charge in [-0.1, -0.05) is 18.2 Å². The highest BCUT2D eigenvalue weighted by atomic mass is 19.1. The van der Waals surface area contributed by atoms with Gasteiger partial charge in [0.25, 0.3) is 0 Å². The molecule has 0 aliphatic carbocycles. The van der Waals surface area contributed by atoms with E-state index in [0.29, 0.717) is 36.9 Å². The highest BCUT2D eigenvalue weighted by molar-refractivity contribution is 5.89. The predicted octanol–water partition coefficient (Wildman–Crippen LogP) is 3.88. The number of likely N-dealkylation sites (tertiary alicyclic amines) is 1. The molecule has 0 unspecified atom stereocenters. The number of amides is 2. The number of nitriles is 1. The van der Waals surface area contributed by atoms with Crippen LogP contribution in [-0.2, 0) is 11.2 Å². The molecule has 2 fully saturated rings. The second kappa shape index (κ2) is 10.6. The molecule has 2 heterocycles. The van der Waals surface area contributed by atoms with Crippen LogP contribution in [0.2, 0.25) is 0 Å². The van der Waals surface area contributed by atoms with Gasteiger partial charge in [0.05, 0.1) is 24.3 Å². The summed E-state index contributed by atoms with van der Waals surface area (Å²) in [5.41, 5.74) is 2.31. The monoisotopic (exact) mass is 436 g/mol. The van der Waals surface area contributed by atoms with Gasteiger partial charge in [-0.05, 0) is 67.6 Å². The fourth-order valence-electron chi connectivity index (χ4n) is 4.61. The molecule has 1 N–H and O–H groups in total. The van der Waals surface area contributed by atoms with E-state index in [4.69, 9.17) is 10.00 Å². The van der Waals surface area contributed by atoms with Crippen LogP contribution in [0.25, 0.3) is 0 Å². The fraction of sp³-hybridized carbons (Fsp3) is 0.440. The summed E-state index contributed by atoms with van der Waals surface area (Å²) < 4.78 is 19.1. The van der Waals surface area contributed by atoms with E-state index in [1.165, 1.54) is 24.1 Å². The van der Waals surface area contributed by atoms with Crippen molar-refractivity contribution in [1.29, 1.82) is 5.26 Å². The van der Waals surface area contributed by atoms with Crippen molar-refractivity contribution >= 4 is 11.7 Å². The van der Waals surface area contributed by atoms with Crippen molar-refractivity contribution in [3.63, 3.8) is 0 Å². The molecule has 7 heteroatoms. The van der Waals surface area contributed by atoms with Crippen molar-refractivity contribution in [3.8, 4) is 6.07 Å². The molecule has 0 aromatic heterocycles. The molecular weight excluding hydrogens is 407 g/mol. The zero-order chi connectivity index (χ0) is 22.3. The van der Waals surface area contributed by atoms with Gasteiger partial charge in [-0.3, -0.25) is 0 Å². The van der Waals surface area contributed by atoms with Gasteiger partial charge >= 0.3 is 6.03 Å². The number of nitrogens with one attached hydrogen (secondary N) is 1. The molecule has 2 aromatic rings. The summed E-state index contributed by atoms with van der Waals surface area (Å²) in [5.74, 6) is 0.351. The summed E-state index contributed by atoms with van der Waals surface area (Å²) in [6.07, 6.45) is 3.25. The molecule has 6 nitrogen and oxygen atoms in total. The first-order chi connectivity index (χ1) is 15.6. The number of carbonyl (C=O) groups is 1. The third-order valence-electron chi connectivity index (χ3n) is 6.17. The number of morpholine rings is 1. The van der Waals surface area contributed by atoms with Crippen LogP contribution in [0.3, 0.4) is 0 Å². The fourth-order valence-corrected chi connectivity index (χ4v) is 4.61. The number of urea groups is 1. The average Bonchev–Trinajstić information content (AvgIpc) is 2.81. The van der Waals surface area contributed by atoms with Crippen LogP contribution in [-0.4, -0.2) is 61.3 Å². The minimum Gasteiger partial charge on any atom is -0.373 e. The van der Waals surface area contributed by atoms with E-state index in [1.54, 1.807) is 29.2 Å². The van der Waals surface area contributed by atoms with E-state index in [0.717, 1.165) is 32.5 Å². The summed E-state index contributed by atoms with van der Waals surface area (Å²) in [4.78, 5) is 16.9. The van der Waals surface area contributed by atoms with Crippen molar-refractivity contribution in [2.24, 2.45) is 5.92 Å². The second-order valence-corrected chi connectivity index (χ2v) is 8.66. The van der Waals surface area contributed by atoms with Gasteiger partial charge < -0.3 is 19.9 Å². The maximum absolute atomic E-state index is 13.2. The molecule has 0 spiro atoms. The Labute approximate surface area is 188 Å². The first-order valence-corrected chi connectivity index (χ1v) is 11.2. The van der Waals surface area contributed by atoms with E-state index in [1.807, 2.05) is 12.1 Å². The van der Waals surface area contributed by atoms with Crippen LogP contribution < -0.4 is 5.32 Å². The largest absolute Gasteiger partial charge is 0.373 e. The highest BCUT2D eigenvalue weighted by Crippen LogP contribution is 2.22.